The standard InChI is InChI=1S/C17H15ClF3N5O/c1-8(12-5-4-11(6-13(12)18)17(19,20)21)26-9(2)16(24-25-26)14-7-15(27)23-10(3)22-14/h4-8H,1-3H3,(H,22,23,27)/t8-/m1/s1. The van der Waals surface area contributed by atoms with Gasteiger partial charge in [0.05, 0.1) is 23.0 Å². The van der Waals surface area contributed by atoms with Crippen molar-refractivity contribution in [3.63, 3.8) is 0 Å². The van der Waals surface area contributed by atoms with Gasteiger partial charge in [-0.25, -0.2) is 9.67 Å². The second-order valence-corrected chi connectivity index (χ2v) is 6.50. The van der Waals surface area contributed by atoms with E-state index in [9.17, 15) is 18.0 Å². The fourth-order valence-corrected chi connectivity index (χ4v) is 3.16. The normalized spacial score (nSPS) is 13.0. The predicted octanol–water partition coefficient (Wildman–Crippen LogP) is 3.93. The van der Waals surface area contributed by atoms with Crippen LogP contribution in [0.3, 0.4) is 0 Å². The van der Waals surface area contributed by atoms with Gasteiger partial charge in [0, 0.05) is 11.1 Å². The number of benzene rings is 1. The Hall–Kier alpha value is -2.68. The van der Waals surface area contributed by atoms with Gasteiger partial charge < -0.3 is 4.98 Å². The molecule has 27 heavy (non-hydrogen) atoms. The van der Waals surface area contributed by atoms with Gasteiger partial charge >= 0.3 is 6.18 Å². The lowest BCUT2D eigenvalue weighted by Crippen LogP contribution is -2.12. The molecule has 0 bridgehead atoms. The number of nitrogens with zero attached hydrogens (tertiary/aromatic N) is 4. The highest BCUT2D eigenvalue weighted by atomic mass is 35.5. The molecule has 1 atom stereocenters. The Morgan fingerprint density at radius 1 is 1.22 bits per heavy atom. The van der Waals surface area contributed by atoms with Gasteiger partial charge in [0.25, 0.3) is 5.56 Å². The zero-order chi connectivity index (χ0) is 19.9. The zero-order valence-electron chi connectivity index (χ0n) is 14.6. The minimum atomic E-state index is -4.47. The average molecular weight is 398 g/mol. The summed E-state index contributed by atoms with van der Waals surface area (Å²) in [5, 5.41) is 8.13. The summed E-state index contributed by atoms with van der Waals surface area (Å²) in [6, 6.07) is 4.04. The maximum absolute atomic E-state index is 12.8. The minimum Gasteiger partial charge on any atom is -0.311 e. The monoisotopic (exact) mass is 397 g/mol. The van der Waals surface area contributed by atoms with Crippen LogP contribution in [0.2, 0.25) is 5.02 Å². The van der Waals surface area contributed by atoms with Crippen LogP contribution in [0.25, 0.3) is 11.4 Å². The molecule has 0 amide bonds. The zero-order valence-corrected chi connectivity index (χ0v) is 15.4. The first-order valence-corrected chi connectivity index (χ1v) is 8.32. The van der Waals surface area contributed by atoms with Crippen molar-refractivity contribution in [1.82, 2.24) is 25.0 Å². The van der Waals surface area contributed by atoms with Crippen molar-refractivity contribution in [1.29, 1.82) is 0 Å². The largest absolute Gasteiger partial charge is 0.416 e. The van der Waals surface area contributed by atoms with Crippen molar-refractivity contribution in [2.24, 2.45) is 0 Å². The average Bonchev–Trinajstić information content (AvgIpc) is 2.94. The highest BCUT2D eigenvalue weighted by Gasteiger charge is 2.31. The fourth-order valence-electron chi connectivity index (χ4n) is 2.82. The number of aromatic nitrogens is 5. The van der Waals surface area contributed by atoms with Crippen LogP contribution in [-0.2, 0) is 6.18 Å². The van der Waals surface area contributed by atoms with E-state index in [1.165, 1.54) is 16.8 Å². The van der Waals surface area contributed by atoms with Crippen LogP contribution in [0, 0.1) is 13.8 Å². The van der Waals surface area contributed by atoms with Crippen LogP contribution in [0.1, 0.15) is 35.6 Å². The van der Waals surface area contributed by atoms with E-state index in [4.69, 9.17) is 11.6 Å². The molecule has 3 rings (SSSR count). The molecule has 2 aromatic heterocycles. The van der Waals surface area contributed by atoms with Gasteiger partial charge in [0.15, 0.2) is 0 Å². The van der Waals surface area contributed by atoms with E-state index in [0.29, 0.717) is 28.5 Å². The van der Waals surface area contributed by atoms with Gasteiger partial charge in [-0.3, -0.25) is 4.79 Å². The smallest absolute Gasteiger partial charge is 0.311 e. The lowest BCUT2D eigenvalue weighted by Gasteiger charge is -2.17. The lowest BCUT2D eigenvalue weighted by molar-refractivity contribution is -0.137. The third kappa shape index (κ3) is 3.73. The van der Waals surface area contributed by atoms with Crippen molar-refractivity contribution in [3.8, 4) is 11.4 Å². The van der Waals surface area contributed by atoms with Gasteiger partial charge in [-0.05, 0) is 38.5 Å². The topological polar surface area (TPSA) is 76.5 Å². The Balaban J connectivity index is 2.01. The number of rotatable bonds is 3. The van der Waals surface area contributed by atoms with E-state index in [2.05, 4.69) is 20.3 Å². The number of halogens is 4. The van der Waals surface area contributed by atoms with Crippen LogP contribution >= 0.6 is 11.6 Å². The Bertz CT molecular complexity index is 1060. The van der Waals surface area contributed by atoms with Crippen LogP contribution in [0.4, 0.5) is 13.2 Å². The van der Waals surface area contributed by atoms with Gasteiger partial charge in [-0.2, -0.15) is 13.2 Å². The Morgan fingerprint density at radius 3 is 2.52 bits per heavy atom. The van der Waals surface area contributed by atoms with Crippen LogP contribution in [-0.4, -0.2) is 25.0 Å². The molecule has 6 nitrogen and oxygen atoms in total. The van der Waals surface area contributed by atoms with Crippen LogP contribution < -0.4 is 5.56 Å². The second kappa shape index (κ2) is 6.80. The third-order valence-electron chi connectivity index (χ3n) is 4.17. The van der Waals surface area contributed by atoms with Crippen molar-refractivity contribution < 1.29 is 13.2 Å². The molecule has 0 aliphatic heterocycles. The maximum Gasteiger partial charge on any atom is 0.416 e. The molecule has 1 aromatic carbocycles. The van der Waals surface area contributed by atoms with Gasteiger partial charge in [-0.15, -0.1) is 5.10 Å². The highest BCUT2D eigenvalue weighted by molar-refractivity contribution is 6.31. The molecule has 3 aromatic rings. The summed E-state index contributed by atoms with van der Waals surface area (Å²) < 4.78 is 40.0. The molecule has 0 aliphatic rings. The first-order valence-electron chi connectivity index (χ1n) is 7.94. The maximum atomic E-state index is 12.8. The predicted molar refractivity (Wildman–Crippen MR) is 93.6 cm³/mol. The molecule has 1 N–H and O–H groups in total. The van der Waals surface area contributed by atoms with Crippen LogP contribution in [0.15, 0.2) is 29.1 Å². The SMILES string of the molecule is Cc1nc(-c2nnn([C@H](C)c3ccc(C(F)(F)F)cc3Cl)c2C)cc(=O)[nH]1. The van der Waals surface area contributed by atoms with E-state index < -0.39 is 17.8 Å². The number of hydrogen-bond donors (Lipinski definition) is 1. The van der Waals surface area contributed by atoms with Gasteiger partial charge in [0.2, 0.25) is 0 Å². The molecule has 0 saturated heterocycles. The lowest BCUT2D eigenvalue weighted by atomic mass is 10.1. The van der Waals surface area contributed by atoms with Crippen molar-refractivity contribution in [2.75, 3.05) is 0 Å². The number of nitrogens with one attached hydrogen (secondary N) is 1. The Morgan fingerprint density at radius 2 is 1.93 bits per heavy atom. The number of H-pyrrole nitrogens is 1. The van der Waals surface area contributed by atoms with E-state index in [1.807, 2.05) is 0 Å². The fraction of sp³-hybridized carbons (Fsp3) is 0.294. The van der Waals surface area contributed by atoms with Crippen molar-refractivity contribution in [2.45, 2.75) is 33.0 Å². The number of aromatic amines is 1. The van der Waals surface area contributed by atoms with Crippen LogP contribution in [0.5, 0.6) is 0 Å². The van der Waals surface area contributed by atoms with Gasteiger partial charge in [0.1, 0.15) is 11.5 Å². The first kappa shape index (κ1) is 19.1. The molecule has 10 heteroatoms. The van der Waals surface area contributed by atoms with Crippen molar-refractivity contribution in [3.05, 3.63) is 62.3 Å². The summed E-state index contributed by atoms with van der Waals surface area (Å²) in [6.45, 7) is 5.13. The summed E-state index contributed by atoms with van der Waals surface area (Å²) in [5.74, 6) is 0.435. The minimum absolute atomic E-state index is 0.0149. The van der Waals surface area contributed by atoms with E-state index >= 15 is 0 Å². The van der Waals surface area contributed by atoms with E-state index in [-0.39, 0.29) is 10.6 Å². The number of hydrogen-bond acceptors (Lipinski definition) is 4. The third-order valence-corrected chi connectivity index (χ3v) is 4.50. The summed E-state index contributed by atoms with van der Waals surface area (Å²) in [7, 11) is 0. The molecule has 0 aliphatic carbocycles. The summed E-state index contributed by atoms with van der Waals surface area (Å²) >= 11 is 6.08. The van der Waals surface area contributed by atoms with E-state index in [0.717, 1.165) is 12.1 Å². The Labute approximate surface area is 157 Å². The molecular weight excluding hydrogens is 383 g/mol. The highest BCUT2D eigenvalue weighted by Crippen LogP contribution is 2.35. The van der Waals surface area contributed by atoms with Gasteiger partial charge in [-0.1, -0.05) is 22.9 Å². The summed E-state index contributed by atoms with van der Waals surface area (Å²) in [5.41, 5.74) is 0.730. The summed E-state index contributed by atoms with van der Waals surface area (Å²) in [4.78, 5) is 18.4. The molecule has 0 fully saturated rings. The first-order chi connectivity index (χ1) is 12.6. The quantitative estimate of drug-likeness (QED) is 0.726. The molecule has 2 heterocycles. The van der Waals surface area contributed by atoms with Crippen molar-refractivity contribution >= 4 is 11.6 Å². The Kier molecular flexibility index (Phi) is 4.81. The number of aryl methyl sites for hydroxylation is 1. The molecule has 0 unspecified atom stereocenters. The molecular formula is C17H15ClF3N5O. The molecule has 142 valence electrons. The second-order valence-electron chi connectivity index (χ2n) is 6.09. The van der Waals surface area contributed by atoms with E-state index in [1.54, 1.807) is 20.8 Å². The molecule has 0 radical (unpaired) electrons. The molecule has 0 spiro atoms. The summed E-state index contributed by atoms with van der Waals surface area (Å²) in [6.07, 6.45) is -4.47. The molecule has 0 saturated carbocycles. The number of alkyl halides is 3.